The lowest BCUT2D eigenvalue weighted by atomic mass is 9.95. The number of carbonyl (C=O) groups is 2. The Morgan fingerprint density at radius 2 is 1.83 bits per heavy atom. The van der Waals surface area contributed by atoms with Crippen LogP contribution in [0.5, 0.6) is 0 Å². The molecule has 30 heavy (non-hydrogen) atoms. The highest BCUT2D eigenvalue weighted by Gasteiger charge is 2.46. The van der Waals surface area contributed by atoms with Crippen LogP contribution in [0.2, 0.25) is 0 Å². The van der Waals surface area contributed by atoms with E-state index in [9.17, 15) is 24.8 Å². The van der Waals surface area contributed by atoms with E-state index in [1.54, 1.807) is 36.4 Å². The van der Waals surface area contributed by atoms with Crippen LogP contribution in [0.15, 0.2) is 60.2 Å². The highest BCUT2D eigenvalue weighted by molar-refractivity contribution is 6.46. The van der Waals surface area contributed by atoms with Crippen molar-refractivity contribution in [3.05, 3.63) is 81.4 Å². The van der Waals surface area contributed by atoms with Gasteiger partial charge in [-0.3, -0.25) is 19.7 Å². The molecule has 1 aliphatic heterocycles. The fraction of sp³-hybridized carbons (Fsp3) is 0.273. The molecular weight excluding hydrogens is 386 g/mol. The van der Waals surface area contributed by atoms with E-state index in [2.05, 4.69) is 0 Å². The standard InChI is InChI=1S/C22H23N3O5/c1-23(2)12-7-13-24-19(16-10-6-11-17(14-16)25(29)30)18(21(27)22(24)28)20(26)15-8-4-3-5-9-15/h3-6,8-11,14,19,26H,7,12-13H2,1-2H3/p+1/t19-/m1/s1. The molecule has 8 heteroatoms. The number of quaternary nitrogens is 1. The summed E-state index contributed by atoms with van der Waals surface area (Å²) >= 11 is 0. The minimum absolute atomic E-state index is 0.0519. The number of benzene rings is 2. The number of aliphatic hydroxyl groups is 1. The summed E-state index contributed by atoms with van der Waals surface area (Å²) in [5, 5.41) is 22.1. The fourth-order valence-electron chi connectivity index (χ4n) is 3.62. The van der Waals surface area contributed by atoms with Gasteiger partial charge in [0.05, 0.1) is 37.2 Å². The van der Waals surface area contributed by atoms with Crippen LogP contribution in [-0.2, 0) is 9.59 Å². The van der Waals surface area contributed by atoms with Crippen molar-refractivity contribution in [3.63, 3.8) is 0 Å². The number of non-ortho nitro benzene ring substituents is 1. The number of Topliss-reactive ketones (excluding diaryl/α,β-unsaturated/α-hetero) is 1. The summed E-state index contributed by atoms with van der Waals surface area (Å²) < 4.78 is 0. The number of hydrogen-bond donors (Lipinski definition) is 2. The van der Waals surface area contributed by atoms with Crippen LogP contribution >= 0.6 is 0 Å². The molecule has 2 N–H and O–H groups in total. The third-order valence-corrected chi connectivity index (χ3v) is 5.06. The maximum atomic E-state index is 12.9. The van der Waals surface area contributed by atoms with Gasteiger partial charge in [0, 0.05) is 30.7 Å². The average molecular weight is 410 g/mol. The summed E-state index contributed by atoms with van der Waals surface area (Å²) in [4.78, 5) is 39.0. The first-order valence-corrected chi connectivity index (χ1v) is 9.68. The maximum absolute atomic E-state index is 12.9. The van der Waals surface area contributed by atoms with E-state index in [0.29, 0.717) is 24.1 Å². The van der Waals surface area contributed by atoms with Crippen LogP contribution in [-0.4, -0.2) is 53.8 Å². The molecule has 1 heterocycles. The van der Waals surface area contributed by atoms with Crippen molar-refractivity contribution in [2.24, 2.45) is 0 Å². The van der Waals surface area contributed by atoms with Crippen molar-refractivity contribution in [3.8, 4) is 0 Å². The van der Waals surface area contributed by atoms with Gasteiger partial charge in [-0.2, -0.15) is 0 Å². The van der Waals surface area contributed by atoms with Gasteiger partial charge in [0.1, 0.15) is 5.76 Å². The Morgan fingerprint density at radius 3 is 2.47 bits per heavy atom. The number of amides is 1. The van der Waals surface area contributed by atoms with E-state index < -0.39 is 22.7 Å². The second-order valence-corrected chi connectivity index (χ2v) is 7.52. The van der Waals surface area contributed by atoms with Crippen LogP contribution in [0.3, 0.4) is 0 Å². The number of nitrogens with one attached hydrogen (secondary N) is 1. The van der Waals surface area contributed by atoms with Crippen molar-refractivity contribution in [1.82, 2.24) is 4.90 Å². The van der Waals surface area contributed by atoms with E-state index in [1.807, 2.05) is 14.1 Å². The highest BCUT2D eigenvalue weighted by atomic mass is 16.6. The van der Waals surface area contributed by atoms with Gasteiger partial charge < -0.3 is 14.9 Å². The summed E-state index contributed by atoms with van der Waals surface area (Å²) in [5.74, 6) is -1.78. The smallest absolute Gasteiger partial charge is 0.295 e. The predicted octanol–water partition coefficient (Wildman–Crippen LogP) is 1.55. The molecule has 0 radical (unpaired) electrons. The SMILES string of the molecule is C[NH+](C)CCCN1C(=O)C(=O)C(=C(O)c2ccccc2)[C@H]1c1cccc([N+](=O)[O-])c1. The number of carbonyl (C=O) groups excluding carboxylic acids is 2. The number of likely N-dealkylation sites (tertiary alicyclic amines) is 1. The topological polar surface area (TPSA) is 105 Å². The van der Waals surface area contributed by atoms with Gasteiger partial charge in [-0.25, -0.2) is 0 Å². The van der Waals surface area contributed by atoms with Gasteiger partial charge in [-0.05, 0) is 5.56 Å². The van der Waals surface area contributed by atoms with Crippen molar-refractivity contribution in [1.29, 1.82) is 0 Å². The monoisotopic (exact) mass is 410 g/mol. The number of nitro groups is 1. The number of hydrogen-bond acceptors (Lipinski definition) is 5. The van der Waals surface area contributed by atoms with Crippen molar-refractivity contribution in [2.45, 2.75) is 12.5 Å². The quantitative estimate of drug-likeness (QED) is 0.237. The molecule has 1 saturated heterocycles. The van der Waals surface area contributed by atoms with Crippen LogP contribution in [0, 0.1) is 10.1 Å². The number of rotatable bonds is 7. The predicted molar refractivity (Wildman–Crippen MR) is 111 cm³/mol. The summed E-state index contributed by atoms with van der Waals surface area (Å²) in [7, 11) is 3.98. The Hall–Kier alpha value is -3.52. The van der Waals surface area contributed by atoms with Gasteiger partial charge in [-0.1, -0.05) is 42.5 Å². The summed E-state index contributed by atoms with van der Waals surface area (Å²) in [6, 6.07) is 13.4. The normalized spacial score (nSPS) is 18.2. The molecule has 3 rings (SSSR count). The molecule has 1 fully saturated rings. The minimum Gasteiger partial charge on any atom is -0.507 e. The molecule has 2 aromatic carbocycles. The third kappa shape index (κ3) is 4.23. The Bertz CT molecular complexity index is 1000. The Labute approximate surface area is 174 Å². The van der Waals surface area contributed by atoms with E-state index in [4.69, 9.17) is 0 Å². The van der Waals surface area contributed by atoms with Crippen LogP contribution < -0.4 is 4.90 Å². The summed E-state index contributed by atoms with van der Waals surface area (Å²) in [6.07, 6.45) is 0.645. The highest BCUT2D eigenvalue weighted by Crippen LogP contribution is 2.40. The lowest BCUT2D eigenvalue weighted by molar-refractivity contribution is -0.858. The Balaban J connectivity index is 2.12. The second-order valence-electron chi connectivity index (χ2n) is 7.52. The molecular formula is C22H24N3O5+. The fourth-order valence-corrected chi connectivity index (χ4v) is 3.62. The molecule has 1 atom stereocenters. The first-order valence-electron chi connectivity index (χ1n) is 9.68. The van der Waals surface area contributed by atoms with Crippen LogP contribution in [0.25, 0.3) is 5.76 Å². The van der Waals surface area contributed by atoms with E-state index in [0.717, 1.165) is 6.54 Å². The number of ketones is 1. The molecule has 0 saturated carbocycles. The second kappa shape index (κ2) is 8.87. The summed E-state index contributed by atoms with van der Waals surface area (Å²) in [5.41, 5.74) is 0.626. The molecule has 156 valence electrons. The van der Waals surface area contributed by atoms with Gasteiger partial charge in [-0.15, -0.1) is 0 Å². The van der Waals surface area contributed by atoms with Gasteiger partial charge in [0.15, 0.2) is 0 Å². The largest absolute Gasteiger partial charge is 0.507 e. The van der Waals surface area contributed by atoms with Gasteiger partial charge in [0.25, 0.3) is 17.4 Å². The average Bonchev–Trinajstić information content (AvgIpc) is 2.98. The zero-order valence-electron chi connectivity index (χ0n) is 16.9. The molecule has 2 aromatic rings. The number of nitro benzene ring substituents is 1. The maximum Gasteiger partial charge on any atom is 0.295 e. The lowest BCUT2D eigenvalue weighted by Gasteiger charge is -2.25. The first-order chi connectivity index (χ1) is 14.3. The van der Waals surface area contributed by atoms with E-state index in [1.165, 1.54) is 28.0 Å². The van der Waals surface area contributed by atoms with Crippen molar-refractivity contribution >= 4 is 23.1 Å². The molecule has 0 aromatic heterocycles. The molecule has 0 aliphatic carbocycles. The van der Waals surface area contributed by atoms with Crippen molar-refractivity contribution in [2.75, 3.05) is 27.2 Å². The molecule has 1 amide bonds. The molecule has 0 unspecified atom stereocenters. The first kappa shape index (κ1) is 21.2. The molecule has 0 spiro atoms. The molecule has 0 bridgehead atoms. The number of aliphatic hydroxyl groups excluding tert-OH is 1. The zero-order valence-corrected chi connectivity index (χ0v) is 16.9. The number of nitrogens with zero attached hydrogens (tertiary/aromatic N) is 2. The minimum atomic E-state index is -0.887. The third-order valence-electron chi connectivity index (χ3n) is 5.06. The van der Waals surface area contributed by atoms with Crippen LogP contribution in [0.1, 0.15) is 23.6 Å². The zero-order chi connectivity index (χ0) is 21.8. The van der Waals surface area contributed by atoms with E-state index >= 15 is 0 Å². The van der Waals surface area contributed by atoms with E-state index in [-0.39, 0.29) is 17.0 Å². The Kier molecular flexibility index (Phi) is 6.27. The summed E-state index contributed by atoms with van der Waals surface area (Å²) in [6.45, 7) is 1.08. The molecule has 1 aliphatic rings. The lowest BCUT2D eigenvalue weighted by Crippen LogP contribution is -3.05. The van der Waals surface area contributed by atoms with Crippen LogP contribution in [0.4, 0.5) is 5.69 Å². The van der Waals surface area contributed by atoms with Gasteiger partial charge >= 0.3 is 0 Å². The Morgan fingerprint density at radius 1 is 1.13 bits per heavy atom. The van der Waals surface area contributed by atoms with Gasteiger partial charge in [0.2, 0.25) is 0 Å². The molecule has 8 nitrogen and oxygen atoms in total. The van der Waals surface area contributed by atoms with Crippen molar-refractivity contribution < 1.29 is 24.5 Å².